The fourth-order valence-corrected chi connectivity index (χ4v) is 2.35. The first-order valence-electron chi connectivity index (χ1n) is 7.52. The number of hydrogen-bond acceptors (Lipinski definition) is 2. The smallest absolute Gasteiger partial charge is 0.123 e. The number of hydrogen-bond donors (Lipinski definition) is 0. The van der Waals surface area contributed by atoms with Crippen LogP contribution in [0.25, 0.3) is 0 Å². The second kappa shape index (κ2) is 8.25. The molecule has 2 nitrogen and oxygen atoms in total. The monoisotopic (exact) mass is 282 g/mol. The van der Waals surface area contributed by atoms with E-state index in [2.05, 4.69) is 6.92 Å². The number of benzene rings is 2. The van der Waals surface area contributed by atoms with Crippen LogP contribution < -0.4 is 4.74 Å². The summed E-state index contributed by atoms with van der Waals surface area (Å²) >= 11 is 0. The molecule has 0 fully saturated rings. The van der Waals surface area contributed by atoms with Crippen molar-refractivity contribution in [1.29, 1.82) is 0 Å². The highest BCUT2D eigenvalue weighted by molar-refractivity contribution is 5.54. The van der Waals surface area contributed by atoms with Crippen molar-refractivity contribution in [3.63, 3.8) is 0 Å². The molecule has 0 N–H and O–H groups in total. The van der Waals surface area contributed by atoms with Gasteiger partial charge < -0.3 is 9.53 Å². The highest BCUT2D eigenvalue weighted by Crippen LogP contribution is 2.17. The molecule has 2 aromatic rings. The SMILES string of the molecule is CCC[C@@H](C=O)Cc1ccc(OCc2ccccc2)cc1. The molecule has 0 aliphatic carbocycles. The summed E-state index contributed by atoms with van der Waals surface area (Å²) in [4.78, 5) is 11.0. The zero-order chi connectivity index (χ0) is 14.9. The first kappa shape index (κ1) is 15.3. The minimum Gasteiger partial charge on any atom is -0.489 e. The van der Waals surface area contributed by atoms with E-state index >= 15 is 0 Å². The van der Waals surface area contributed by atoms with Crippen LogP contribution in [0.15, 0.2) is 54.6 Å². The van der Waals surface area contributed by atoms with E-state index in [1.54, 1.807) is 0 Å². The molecule has 0 aliphatic rings. The van der Waals surface area contributed by atoms with Crippen LogP contribution in [0.1, 0.15) is 30.9 Å². The third-order valence-corrected chi connectivity index (χ3v) is 3.52. The molecule has 1 atom stereocenters. The van der Waals surface area contributed by atoms with Gasteiger partial charge in [-0.25, -0.2) is 0 Å². The standard InChI is InChI=1S/C19H22O2/c1-2-6-18(14-20)13-16-9-11-19(12-10-16)21-15-17-7-4-3-5-8-17/h3-5,7-12,14,18H,2,6,13,15H2,1H3/t18-/m1/s1. The molecule has 0 unspecified atom stereocenters. The lowest BCUT2D eigenvalue weighted by Gasteiger charge is -2.10. The zero-order valence-corrected chi connectivity index (χ0v) is 12.5. The molecule has 0 saturated heterocycles. The van der Waals surface area contributed by atoms with E-state index in [1.807, 2.05) is 54.6 Å². The average molecular weight is 282 g/mol. The summed E-state index contributed by atoms with van der Waals surface area (Å²) in [7, 11) is 0. The molecule has 2 aromatic carbocycles. The fourth-order valence-electron chi connectivity index (χ4n) is 2.35. The Kier molecular flexibility index (Phi) is 6.01. The van der Waals surface area contributed by atoms with Crippen LogP contribution in [0.2, 0.25) is 0 Å². The van der Waals surface area contributed by atoms with Crippen LogP contribution in [0.5, 0.6) is 5.75 Å². The fraction of sp³-hybridized carbons (Fsp3) is 0.316. The van der Waals surface area contributed by atoms with Gasteiger partial charge in [0, 0.05) is 5.92 Å². The summed E-state index contributed by atoms with van der Waals surface area (Å²) < 4.78 is 5.76. The Balaban J connectivity index is 1.88. The molecule has 0 bridgehead atoms. The summed E-state index contributed by atoms with van der Waals surface area (Å²) in [6.07, 6.45) is 3.89. The molecule has 0 saturated carbocycles. The number of carbonyl (C=O) groups is 1. The third kappa shape index (κ3) is 5.07. The van der Waals surface area contributed by atoms with Gasteiger partial charge in [0.05, 0.1) is 0 Å². The number of carbonyl (C=O) groups excluding carboxylic acids is 1. The quantitative estimate of drug-likeness (QED) is 0.670. The van der Waals surface area contributed by atoms with Crippen LogP contribution in [0, 0.1) is 5.92 Å². The van der Waals surface area contributed by atoms with E-state index in [0.29, 0.717) is 6.61 Å². The van der Waals surface area contributed by atoms with Crippen molar-refractivity contribution in [2.45, 2.75) is 32.8 Å². The molecule has 21 heavy (non-hydrogen) atoms. The molecule has 0 heterocycles. The topological polar surface area (TPSA) is 26.3 Å². The Bertz CT molecular complexity index is 531. The molecule has 2 heteroatoms. The maximum atomic E-state index is 11.0. The number of rotatable bonds is 8. The Morgan fingerprint density at radius 3 is 2.33 bits per heavy atom. The van der Waals surface area contributed by atoms with Crippen LogP contribution in [-0.2, 0) is 17.8 Å². The van der Waals surface area contributed by atoms with Gasteiger partial charge in [0.1, 0.15) is 18.6 Å². The molecule has 0 spiro atoms. The van der Waals surface area contributed by atoms with E-state index in [1.165, 1.54) is 5.56 Å². The Hall–Kier alpha value is -2.09. The van der Waals surface area contributed by atoms with Crippen molar-refractivity contribution >= 4 is 6.29 Å². The zero-order valence-electron chi connectivity index (χ0n) is 12.5. The van der Waals surface area contributed by atoms with E-state index in [0.717, 1.165) is 36.9 Å². The molecular weight excluding hydrogens is 260 g/mol. The van der Waals surface area contributed by atoms with Gasteiger partial charge in [-0.2, -0.15) is 0 Å². The lowest BCUT2D eigenvalue weighted by Crippen LogP contribution is -2.05. The highest BCUT2D eigenvalue weighted by atomic mass is 16.5. The van der Waals surface area contributed by atoms with E-state index in [4.69, 9.17) is 4.74 Å². The Morgan fingerprint density at radius 2 is 1.71 bits per heavy atom. The Morgan fingerprint density at radius 1 is 1.00 bits per heavy atom. The lowest BCUT2D eigenvalue weighted by atomic mass is 9.96. The van der Waals surface area contributed by atoms with Gasteiger partial charge in [-0.1, -0.05) is 55.8 Å². The van der Waals surface area contributed by atoms with Crippen molar-refractivity contribution in [2.24, 2.45) is 5.92 Å². The van der Waals surface area contributed by atoms with Gasteiger partial charge in [0.25, 0.3) is 0 Å². The van der Waals surface area contributed by atoms with Crippen LogP contribution in [-0.4, -0.2) is 6.29 Å². The highest BCUT2D eigenvalue weighted by Gasteiger charge is 2.07. The van der Waals surface area contributed by atoms with Crippen molar-refractivity contribution in [1.82, 2.24) is 0 Å². The predicted molar refractivity (Wildman–Crippen MR) is 85.4 cm³/mol. The second-order valence-electron chi connectivity index (χ2n) is 5.31. The van der Waals surface area contributed by atoms with E-state index in [-0.39, 0.29) is 5.92 Å². The van der Waals surface area contributed by atoms with Crippen molar-refractivity contribution in [2.75, 3.05) is 0 Å². The predicted octanol–water partition coefficient (Wildman–Crippen LogP) is 4.42. The Labute approximate surface area is 126 Å². The summed E-state index contributed by atoms with van der Waals surface area (Å²) in [5.41, 5.74) is 2.35. The molecule has 0 radical (unpaired) electrons. The van der Waals surface area contributed by atoms with Crippen LogP contribution >= 0.6 is 0 Å². The third-order valence-electron chi connectivity index (χ3n) is 3.52. The molecule has 0 amide bonds. The van der Waals surface area contributed by atoms with Gasteiger partial charge in [-0.3, -0.25) is 0 Å². The normalized spacial score (nSPS) is 11.9. The van der Waals surface area contributed by atoms with Crippen molar-refractivity contribution in [3.8, 4) is 5.75 Å². The minimum absolute atomic E-state index is 0.131. The minimum atomic E-state index is 0.131. The molecular formula is C19H22O2. The molecule has 2 rings (SSSR count). The van der Waals surface area contributed by atoms with Gasteiger partial charge in [-0.15, -0.1) is 0 Å². The second-order valence-corrected chi connectivity index (χ2v) is 5.31. The van der Waals surface area contributed by atoms with Gasteiger partial charge >= 0.3 is 0 Å². The van der Waals surface area contributed by atoms with Gasteiger partial charge in [0.2, 0.25) is 0 Å². The summed E-state index contributed by atoms with van der Waals surface area (Å²) in [6, 6.07) is 18.2. The van der Waals surface area contributed by atoms with Crippen LogP contribution in [0.4, 0.5) is 0 Å². The van der Waals surface area contributed by atoms with Gasteiger partial charge in [0.15, 0.2) is 0 Å². The number of ether oxygens (including phenoxy) is 1. The van der Waals surface area contributed by atoms with Crippen molar-refractivity contribution in [3.05, 3.63) is 65.7 Å². The maximum Gasteiger partial charge on any atom is 0.123 e. The first-order chi connectivity index (χ1) is 10.3. The summed E-state index contributed by atoms with van der Waals surface area (Å²) in [5, 5.41) is 0. The lowest BCUT2D eigenvalue weighted by molar-refractivity contribution is -0.111. The summed E-state index contributed by atoms with van der Waals surface area (Å²) in [5.74, 6) is 0.992. The average Bonchev–Trinajstić information content (AvgIpc) is 2.54. The molecule has 110 valence electrons. The summed E-state index contributed by atoms with van der Waals surface area (Å²) in [6.45, 7) is 2.68. The molecule has 0 aromatic heterocycles. The van der Waals surface area contributed by atoms with E-state index < -0.39 is 0 Å². The van der Waals surface area contributed by atoms with Crippen molar-refractivity contribution < 1.29 is 9.53 Å². The maximum absolute atomic E-state index is 11.0. The first-order valence-corrected chi connectivity index (χ1v) is 7.52. The number of aldehydes is 1. The van der Waals surface area contributed by atoms with Gasteiger partial charge in [-0.05, 0) is 36.1 Å². The van der Waals surface area contributed by atoms with Crippen LogP contribution in [0.3, 0.4) is 0 Å². The molecule has 0 aliphatic heterocycles. The largest absolute Gasteiger partial charge is 0.489 e. The van der Waals surface area contributed by atoms with E-state index in [9.17, 15) is 4.79 Å².